The summed E-state index contributed by atoms with van der Waals surface area (Å²) in [7, 11) is 11.8. The van der Waals surface area contributed by atoms with Gasteiger partial charge in [0, 0.05) is 79.7 Å². The van der Waals surface area contributed by atoms with Crippen molar-refractivity contribution in [3.63, 3.8) is 0 Å². The van der Waals surface area contributed by atoms with Gasteiger partial charge in [0.15, 0.2) is 11.6 Å². The molecule has 0 aliphatic rings. The molecule has 4 aromatic carbocycles. The van der Waals surface area contributed by atoms with Gasteiger partial charge < -0.3 is 39.4 Å². The predicted molar refractivity (Wildman–Crippen MR) is 244 cm³/mol. The van der Waals surface area contributed by atoms with Crippen molar-refractivity contribution in [2.24, 2.45) is 0 Å². The Morgan fingerprint density at radius 2 is 1.12 bits per heavy atom. The van der Waals surface area contributed by atoms with Gasteiger partial charge in [-0.15, -0.1) is 0 Å². The quantitative estimate of drug-likeness (QED) is 0.0725. The van der Waals surface area contributed by atoms with Crippen LogP contribution >= 0.6 is 0 Å². The van der Waals surface area contributed by atoms with Gasteiger partial charge in [0.25, 0.3) is 5.69 Å². The number of likely N-dealkylation sites (N-methyl/N-ethyl adjacent to an activating group) is 2. The van der Waals surface area contributed by atoms with E-state index in [4.69, 9.17) is 18.9 Å². The second kappa shape index (κ2) is 19.8. The number of hydrogen-bond donors (Lipinski definition) is 2. The Bertz CT molecular complexity index is 3050. The van der Waals surface area contributed by atoms with Crippen LogP contribution in [-0.2, 0) is 0 Å². The maximum Gasteiger partial charge on any atom is 0.307 e. The zero-order valence-electron chi connectivity index (χ0n) is 36.7. The fourth-order valence-corrected chi connectivity index (χ4v) is 6.63. The van der Waals surface area contributed by atoms with Crippen LogP contribution in [-0.4, -0.2) is 117 Å². The molecule has 8 rings (SSSR count). The van der Waals surface area contributed by atoms with E-state index in [0.717, 1.165) is 46.2 Å². The van der Waals surface area contributed by atoms with Gasteiger partial charge in [0.1, 0.15) is 28.7 Å². The van der Waals surface area contributed by atoms with Crippen LogP contribution in [0, 0.1) is 26.0 Å². The highest BCUT2D eigenvalue weighted by Crippen LogP contribution is 2.39. The van der Waals surface area contributed by atoms with E-state index in [1.54, 1.807) is 60.4 Å². The first kappa shape index (κ1) is 45.3. The number of ether oxygens (including phenoxy) is 4. The van der Waals surface area contributed by atoms with E-state index in [1.165, 1.54) is 26.5 Å². The van der Waals surface area contributed by atoms with Crippen LogP contribution in [0.15, 0.2) is 97.6 Å². The van der Waals surface area contributed by atoms with E-state index in [-0.39, 0.29) is 29.0 Å². The number of nitrogens with zero attached hydrogens (tertiary/aromatic N) is 12. The van der Waals surface area contributed by atoms with E-state index < -0.39 is 21.4 Å². The summed E-state index contributed by atoms with van der Waals surface area (Å²) >= 11 is 0. The third-order valence-electron chi connectivity index (χ3n) is 10.0. The first-order chi connectivity index (χ1) is 31.8. The number of hydrogen-bond acceptors (Lipinski definition) is 18. The lowest BCUT2D eigenvalue weighted by molar-refractivity contribution is -0.387. The molecule has 8 aromatic rings. The number of nitro groups is 2. The minimum absolute atomic E-state index is 0.0530. The van der Waals surface area contributed by atoms with Gasteiger partial charge in [0.2, 0.25) is 17.7 Å². The molecule has 0 amide bonds. The first-order valence-electron chi connectivity index (χ1n) is 19.8. The van der Waals surface area contributed by atoms with Crippen molar-refractivity contribution in [2.45, 2.75) is 0 Å². The maximum atomic E-state index is 13.9. The fraction of sp³-hybridized carbons (Fsp3) is 0.209. The maximum absolute atomic E-state index is 13.9. The van der Waals surface area contributed by atoms with Gasteiger partial charge in [-0.1, -0.05) is 0 Å². The van der Waals surface area contributed by atoms with Crippen LogP contribution in [0.1, 0.15) is 0 Å². The molecule has 0 spiro atoms. The summed E-state index contributed by atoms with van der Waals surface area (Å²) in [6.07, 6.45) is 6.50. The Balaban J connectivity index is 0.000000199. The molecule has 0 radical (unpaired) electrons. The molecule has 0 saturated heterocycles. The zero-order chi connectivity index (χ0) is 47.1. The van der Waals surface area contributed by atoms with Crippen LogP contribution in [0.25, 0.3) is 33.4 Å². The number of nitro benzene ring substituents is 2. The third-order valence-corrected chi connectivity index (χ3v) is 10.0. The molecular weight excluding hydrogens is 860 g/mol. The smallest absolute Gasteiger partial charge is 0.307 e. The molecule has 4 heterocycles. The molecule has 0 unspecified atom stereocenters. The largest absolute Gasteiger partial charge is 0.497 e. The van der Waals surface area contributed by atoms with E-state index in [9.17, 15) is 24.6 Å². The summed E-state index contributed by atoms with van der Waals surface area (Å²) in [4.78, 5) is 42.9. The Kier molecular flexibility index (Phi) is 13.6. The number of aromatic nitrogens is 8. The van der Waals surface area contributed by atoms with Crippen molar-refractivity contribution in [2.75, 3.05) is 78.2 Å². The topological polar surface area (TPSA) is 241 Å². The Morgan fingerprint density at radius 1 is 0.636 bits per heavy atom. The monoisotopic (exact) mass is 902 g/mol. The molecule has 4 aromatic heterocycles. The van der Waals surface area contributed by atoms with Gasteiger partial charge in [-0.3, -0.25) is 20.2 Å². The van der Waals surface area contributed by atoms with Crippen LogP contribution in [0.3, 0.4) is 0 Å². The summed E-state index contributed by atoms with van der Waals surface area (Å²) in [5.74, 6) is 2.30. The minimum Gasteiger partial charge on any atom is -0.497 e. The SMILES string of the molecule is COc1ccc2c(cnn2-c2ccnc(Nc3cc([N+](=O)[O-])c(F)cc3OC)n2)c1.COc1ccc2c(cnn2-c2ccnc(Nc3cc([N+](=O)[O-])c(N(C)CCN(C)C)cc3OC)n2)c1. The number of halogens is 1. The highest BCUT2D eigenvalue weighted by atomic mass is 19.1. The van der Waals surface area contributed by atoms with Crippen molar-refractivity contribution in [3.05, 3.63) is 124 Å². The highest BCUT2D eigenvalue weighted by molar-refractivity contribution is 5.83. The third kappa shape index (κ3) is 9.89. The van der Waals surface area contributed by atoms with Crippen LogP contribution in [0.2, 0.25) is 0 Å². The fourth-order valence-electron chi connectivity index (χ4n) is 6.63. The minimum atomic E-state index is -1.00. The van der Waals surface area contributed by atoms with Crippen LogP contribution in [0.4, 0.5) is 44.7 Å². The highest BCUT2D eigenvalue weighted by Gasteiger charge is 2.23. The summed E-state index contributed by atoms with van der Waals surface area (Å²) < 4.78 is 38.3. The molecule has 23 heteroatoms. The Morgan fingerprint density at radius 3 is 1.58 bits per heavy atom. The standard InChI is InChI=1S/C24H28N8O4.C19H15FN6O4/c1-29(2)10-11-30(3)20-14-22(36-5)18(13-21(20)32(33)34)27-24-25-9-8-23(28-24)31-19-7-6-17(35-4)12-16(19)15-26-31;1-29-12-3-4-15-11(7-12)10-22-25(15)18-5-6-21-19(24-18)23-14-9-16(26(27)28)13(20)8-17(14)30-2/h6-9,12-15H,10-11H2,1-5H3,(H,25,27,28);3-10H,1-2H3,(H,21,23,24). The molecule has 0 bridgehead atoms. The average molecular weight is 903 g/mol. The zero-order valence-corrected chi connectivity index (χ0v) is 36.7. The van der Waals surface area contributed by atoms with Crippen molar-refractivity contribution in [1.29, 1.82) is 0 Å². The van der Waals surface area contributed by atoms with Crippen LogP contribution < -0.4 is 34.5 Å². The van der Waals surface area contributed by atoms with Crippen molar-refractivity contribution >= 4 is 62.1 Å². The first-order valence-corrected chi connectivity index (χ1v) is 19.8. The number of fused-ring (bicyclic) bond motifs is 2. The van der Waals surface area contributed by atoms with Gasteiger partial charge in [-0.25, -0.2) is 19.3 Å². The second-order valence-corrected chi connectivity index (χ2v) is 14.5. The number of anilines is 5. The molecule has 22 nitrogen and oxygen atoms in total. The molecule has 66 heavy (non-hydrogen) atoms. The normalized spacial score (nSPS) is 10.9. The number of nitrogens with one attached hydrogen (secondary N) is 2. The van der Waals surface area contributed by atoms with Crippen LogP contribution in [0.5, 0.6) is 23.0 Å². The Hall–Kier alpha value is -8.73. The summed E-state index contributed by atoms with van der Waals surface area (Å²) in [5, 5.41) is 39.4. The van der Waals surface area contributed by atoms with Crippen molar-refractivity contribution in [3.8, 4) is 34.6 Å². The molecule has 2 N–H and O–H groups in total. The Labute approximate surface area is 375 Å². The number of benzene rings is 4. The molecule has 340 valence electrons. The molecule has 0 fully saturated rings. The summed E-state index contributed by atoms with van der Waals surface area (Å²) in [6, 6.07) is 19.6. The second-order valence-electron chi connectivity index (χ2n) is 14.5. The lowest BCUT2D eigenvalue weighted by Gasteiger charge is -2.22. The predicted octanol–water partition coefficient (Wildman–Crippen LogP) is 7.11. The van der Waals surface area contributed by atoms with Gasteiger partial charge in [-0.2, -0.15) is 24.6 Å². The van der Waals surface area contributed by atoms with E-state index in [0.29, 0.717) is 41.1 Å². The molecule has 0 atom stereocenters. The van der Waals surface area contributed by atoms with Crippen molar-refractivity contribution in [1.82, 2.24) is 44.4 Å². The molecule has 0 saturated carbocycles. The van der Waals surface area contributed by atoms with Gasteiger partial charge in [-0.05, 0) is 50.5 Å². The number of methoxy groups -OCH3 is 4. The molecule has 0 aliphatic carbocycles. The summed E-state index contributed by atoms with van der Waals surface area (Å²) in [6.45, 7) is 1.35. The average Bonchev–Trinajstić information content (AvgIpc) is 3.95. The number of rotatable bonds is 16. The van der Waals surface area contributed by atoms with Gasteiger partial charge in [0.05, 0.1) is 73.1 Å². The lowest BCUT2D eigenvalue weighted by atomic mass is 10.2. The lowest BCUT2D eigenvalue weighted by Crippen LogP contribution is -2.28. The van der Waals surface area contributed by atoms with Crippen molar-refractivity contribution < 1.29 is 33.2 Å². The molecular formula is C43H43FN14O8. The van der Waals surface area contributed by atoms with E-state index in [2.05, 4.69) is 40.8 Å². The van der Waals surface area contributed by atoms with E-state index >= 15 is 0 Å². The van der Waals surface area contributed by atoms with E-state index in [1.807, 2.05) is 67.3 Å². The summed E-state index contributed by atoms with van der Waals surface area (Å²) in [5.41, 5.74) is 1.88. The van der Waals surface area contributed by atoms with Gasteiger partial charge >= 0.3 is 5.69 Å². The molecule has 0 aliphatic heterocycles.